The lowest BCUT2D eigenvalue weighted by Gasteiger charge is -2.29. The van der Waals surface area contributed by atoms with Gasteiger partial charge >= 0.3 is 5.97 Å². The number of nitrogens with two attached hydrogens (primary N) is 1. The van der Waals surface area contributed by atoms with Crippen molar-refractivity contribution in [2.24, 2.45) is 11.7 Å². The van der Waals surface area contributed by atoms with E-state index < -0.39 is 11.9 Å². The third-order valence-corrected chi connectivity index (χ3v) is 5.33. The summed E-state index contributed by atoms with van der Waals surface area (Å²) in [4.78, 5) is 29.5. The first-order valence-electron chi connectivity index (χ1n) is 9.08. The molecule has 0 atom stereocenters. The van der Waals surface area contributed by atoms with Crippen LogP contribution in [0.5, 0.6) is 0 Å². The van der Waals surface area contributed by atoms with Crippen LogP contribution >= 0.6 is 0 Å². The average Bonchev–Trinajstić information content (AvgIpc) is 3.06. The number of aromatic nitrogens is 2. The Hall–Kier alpha value is -1.93. The number of carbonyl (C=O) groups is 2. The summed E-state index contributed by atoms with van der Waals surface area (Å²) >= 11 is 0. The summed E-state index contributed by atoms with van der Waals surface area (Å²) in [5.41, 5.74) is 6.40. The zero-order chi connectivity index (χ0) is 17.8. The molecule has 1 amide bonds. The summed E-state index contributed by atoms with van der Waals surface area (Å²) < 4.78 is 1.95. The molecule has 0 unspecified atom stereocenters. The minimum Gasteiger partial charge on any atom is -0.481 e. The number of likely N-dealkylation sites (tertiary alicyclic amines) is 1. The van der Waals surface area contributed by atoms with Gasteiger partial charge in [-0.2, -0.15) is 0 Å². The van der Waals surface area contributed by atoms with Crippen LogP contribution in [0.2, 0.25) is 0 Å². The van der Waals surface area contributed by atoms with Crippen molar-refractivity contribution in [1.82, 2.24) is 19.8 Å². The van der Waals surface area contributed by atoms with Crippen LogP contribution in [0.25, 0.3) is 0 Å². The second kappa shape index (κ2) is 7.97. The number of primary amides is 1. The van der Waals surface area contributed by atoms with Gasteiger partial charge in [0.05, 0.1) is 11.6 Å². The summed E-state index contributed by atoms with van der Waals surface area (Å²) in [7, 11) is 0. The van der Waals surface area contributed by atoms with Crippen molar-refractivity contribution in [2.75, 3.05) is 32.7 Å². The number of nitrogens with zero attached hydrogens (tertiary/aromatic N) is 3. The third kappa shape index (κ3) is 4.38. The van der Waals surface area contributed by atoms with Gasteiger partial charge in [0.15, 0.2) is 5.82 Å². The van der Waals surface area contributed by atoms with Gasteiger partial charge in [-0.25, -0.2) is 4.98 Å². The van der Waals surface area contributed by atoms with Gasteiger partial charge in [0.1, 0.15) is 0 Å². The van der Waals surface area contributed by atoms with Crippen LogP contribution in [0, 0.1) is 5.92 Å². The van der Waals surface area contributed by atoms with Crippen molar-refractivity contribution in [2.45, 2.75) is 38.1 Å². The van der Waals surface area contributed by atoms with Crippen molar-refractivity contribution >= 4 is 11.9 Å². The van der Waals surface area contributed by atoms with E-state index in [0.717, 1.165) is 57.7 Å². The number of piperidine rings is 2. The van der Waals surface area contributed by atoms with E-state index >= 15 is 0 Å². The Balaban J connectivity index is 1.59. The zero-order valence-electron chi connectivity index (χ0n) is 14.5. The Labute approximate surface area is 147 Å². The smallest absolute Gasteiger partial charge is 0.306 e. The zero-order valence-corrected chi connectivity index (χ0v) is 14.5. The Morgan fingerprint density at radius 1 is 1.24 bits per heavy atom. The number of rotatable bonds is 6. The molecule has 2 aliphatic heterocycles. The highest BCUT2D eigenvalue weighted by Gasteiger charge is 2.25. The van der Waals surface area contributed by atoms with Crippen LogP contribution in [-0.2, 0) is 11.2 Å². The highest BCUT2D eigenvalue weighted by molar-refractivity contribution is 5.89. The first-order chi connectivity index (χ1) is 12.0. The van der Waals surface area contributed by atoms with Gasteiger partial charge in [-0.1, -0.05) is 0 Å². The van der Waals surface area contributed by atoms with Crippen molar-refractivity contribution < 1.29 is 14.7 Å². The first kappa shape index (κ1) is 17.9. The van der Waals surface area contributed by atoms with E-state index in [-0.39, 0.29) is 12.0 Å². The summed E-state index contributed by atoms with van der Waals surface area (Å²) in [5, 5.41) is 12.4. The molecule has 3 rings (SSSR count). The molecular formula is C17H27N5O3. The molecule has 25 heavy (non-hydrogen) atoms. The summed E-state index contributed by atoms with van der Waals surface area (Å²) in [6, 6.07) is 0.274. The fourth-order valence-corrected chi connectivity index (χ4v) is 3.79. The fraction of sp³-hybridized carbons (Fsp3) is 0.706. The molecule has 4 N–H and O–H groups in total. The molecule has 0 spiro atoms. The van der Waals surface area contributed by atoms with E-state index in [1.54, 1.807) is 0 Å². The van der Waals surface area contributed by atoms with Crippen molar-refractivity contribution in [1.29, 1.82) is 0 Å². The molecular weight excluding hydrogens is 322 g/mol. The fourth-order valence-electron chi connectivity index (χ4n) is 3.79. The number of carboxylic acid groups (broad SMARTS) is 1. The predicted molar refractivity (Wildman–Crippen MR) is 92.4 cm³/mol. The maximum absolute atomic E-state index is 11.7. The second-order valence-corrected chi connectivity index (χ2v) is 7.01. The van der Waals surface area contributed by atoms with Crippen LogP contribution in [0.1, 0.15) is 48.0 Å². The van der Waals surface area contributed by atoms with Gasteiger partial charge in [-0.3, -0.25) is 9.59 Å². The molecule has 0 aliphatic carbocycles. The summed E-state index contributed by atoms with van der Waals surface area (Å²) in [6.45, 7) is 4.31. The molecule has 8 heteroatoms. The number of aliphatic carboxylic acids is 1. The highest BCUT2D eigenvalue weighted by Crippen LogP contribution is 2.22. The SMILES string of the molecule is NC(=O)c1nc(CCN2CCC(C(=O)O)CC2)cn1C1CCNCC1. The van der Waals surface area contributed by atoms with Crippen LogP contribution < -0.4 is 11.1 Å². The van der Waals surface area contributed by atoms with Crippen LogP contribution in [0.3, 0.4) is 0 Å². The number of carbonyl (C=O) groups excluding carboxylic acids is 1. The van der Waals surface area contributed by atoms with Crippen LogP contribution in [0.15, 0.2) is 6.20 Å². The molecule has 0 bridgehead atoms. The molecule has 1 aromatic heterocycles. The molecule has 138 valence electrons. The number of imidazole rings is 1. The Bertz CT molecular complexity index is 616. The largest absolute Gasteiger partial charge is 0.481 e. The summed E-state index contributed by atoms with van der Waals surface area (Å²) in [6.07, 6.45) is 6.06. The number of amides is 1. The van der Waals surface area contributed by atoms with E-state index in [1.165, 1.54) is 0 Å². The molecule has 1 aromatic rings. The van der Waals surface area contributed by atoms with E-state index in [1.807, 2.05) is 10.8 Å². The van der Waals surface area contributed by atoms with Crippen LogP contribution in [0.4, 0.5) is 0 Å². The lowest BCUT2D eigenvalue weighted by atomic mass is 9.97. The normalized spacial score (nSPS) is 20.6. The van der Waals surface area contributed by atoms with Gasteiger partial charge in [0.25, 0.3) is 5.91 Å². The van der Waals surface area contributed by atoms with Crippen molar-refractivity contribution in [3.05, 3.63) is 17.7 Å². The van der Waals surface area contributed by atoms with E-state index in [2.05, 4.69) is 15.2 Å². The Kier molecular flexibility index (Phi) is 5.70. The minimum absolute atomic E-state index is 0.211. The monoisotopic (exact) mass is 349 g/mol. The van der Waals surface area contributed by atoms with Crippen molar-refractivity contribution in [3.63, 3.8) is 0 Å². The lowest BCUT2D eigenvalue weighted by molar-refractivity contribution is -0.143. The van der Waals surface area contributed by atoms with Gasteiger partial charge in [-0.05, 0) is 51.9 Å². The molecule has 0 saturated carbocycles. The second-order valence-electron chi connectivity index (χ2n) is 7.01. The molecule has 0 radical (unpaired) electrons. The highest BCUT2D eigenvalue weighted by atomic mass is 16.4. The molecule has 8 nitrogen and oxygen atoms in total. The van der Waals surface area contributed by atoms with E-state index in [9.17, 15) is 9.59 Å². The summed E-state index contributed by atoms with van der Waals surface area (Å²) in [5.74, 6) is -1.03. The number of nitrogens with one attached hydrogen (secondary N) is 1. The van der Waals surface area contributed by atoms with E-state index in [0.29, 0.717) is 18.7 Å². The third-order valence-electron chi connectivity index (χ3n) is 5.33. The standard InChI is InChI=1S/C17H27N5O3/c18-15(23)16-20-13(11-22(16)14-1-6-19-7-2-14)5-10-21-8-3-12(4-9-21)17(24)25/h11-12,14,19H,1-10H2,(H2,18,23)(H,24,25). The minimum atomic E-state index is -0.688. The average molecular weight is 349 g/mol. The number of hydrogen-bond donors (Lipinski definition) is 3. The predicted octanol–water partition coefficient (Wildman–Crippen LogP) is 0.246. The van der Waals surface area contributed by atoms with Crippen molar-refractivity contribution in [3.8, 4) is 0 Å². The number of carboxylic acids is 1. The molecule has 2 fully saturated rings. The van der Waals surface area contributed by atoms with Crippen LogP contribution in [-0.4, -0.2) is 64.2 Å². The maximum atomic E-state index is 11.7. The van der Waals surface area contributed by atoms with E-state index in [4.69, 9.17) is 10.8 Å². The first-order valence-corrected chi connectivity index (χ1v) is 9.08. The Morgan fingerprint density at radius 3 is 2.52 bits per heavy atom. The topological polar surface area (TPSA) is 113 Å². The van der Waals surface area contributed by atoms with Gasteiger partial charge < -0.3 is 25.6 Å². The lowest BCUT2D eigenvalue weighted by Crippen LogP contribution is -2.37. The molecule has 2 saturated heterocycles. The molecule has 3 heterocycles. The van der Waals surface area contributed by atoms with Gasteiger partial charge in [0.2, 0.25) is 0 Å². The number of hydrogen-bond acceptors (Lipinski definition) is 5. The molecule has 2 aliphatic rings. The van der Waals surface area contributed by atoms with Gasteiger partial charge in [0, 0.05) is 25.2 Å². The quantitative estimate of drug-likeness (QED) is 0.678. The van der Waals surface area contributed by atoms with Gasteiger partial charge in [-0.15, -0.1) is 0 Å². The maximum Gasteiger partial charge on any atom is 0.306 e. The Morgan fingerprint density at radius 2 is 1.92 bits per heavy atom. The molecule has 0 aromatic carbocycles.